The van der Waals surface area contributed by atoms with Crippen molar-refractivity contribution in [1.82, 2.24) is 4.90 Å². The highest BCUT2D eigenvalue weighted by Crippen LogP contribution is 2.21. The first-order chi connectivity index (χ1) is 9.75. The summed E-state index contributed by atoms with van der Waals surface area (Å²) in [6.07, 6.45) is 2.47. The van der Waals surface area contributed by atoms with Crippen molar-refractivity contribution < 1.29 is 14.0 Å². The van der Waals surface area contributed by atoms with Gasteiger partial charge in [-0.05, 0) is 30.7 Å². The van der Waals surface area contributed by atoms with Crippen LogP contribution in [0, 0.1) is 0 Å². The Morgan fingerprint density at radius 1 is 1.10 bits per heavy atom. The molecule has 0 saturated carbocycles. The highest BCUT2D eigenvalue weighted by atomic mass is 16.3. The molecule has 0 spiro atoms. The third-order valence-electron chi connectivity index (χ3n) is 3.29. The molecule has 0 unspecified atom stereocenters. The Morgan fingerprint density at radius 3 is 2.55 bits per heavy atom. The number of hydrogen-bond acceptors (Lipinski definition) is 3. The summed E-state index contributed by atoms with van der Waals surface area (Å²) in [4.78, 5) is 26.0. The van der Waals surface area contributed by atoms with Crippen LogP contribution in [0.25, 0.3) is 0 Å². The summed E-state index contributed by atoms with van der Waals surface area (Å²) in [5.41, 5.74) is 1.01. The minimum atomic E-state index is -0.362. The van der Waals surface area contributed by atoms with Gasteiger partial charge < -0.3 is 14.6 Å². The largest absolute Gasteiger partial charge is 0.459 e. The molecule has 1 fully saturated rings. The predicted octanol–water partition coefficient (Wildman–Crippen LogP) is 2.38. The zero-order valence-electron chi connectivity index (χ0n) is 10.8. The molecule has 0 aliphatic carbocycles. The number of amides is 2. The van der Waals surface area contributed by atoms with E-state index in [0.717, 1.165) is 19.5 Å². The van der Waals surface area contributed by atoms with Crippen molar-refractivity contribution in [2.24, 2.45) is 0 Å². The van der Waals surface area contributed by atoms with Gasteiger partial charge in [0.05, 0.1) is 17.5 Å². The molecule has 20 heavy (non-hydrogen) atoms. The van der Waals surface area contributed by atoms with Gasteiger partial charge in [-0.25, -0.2) is 0 Å². The molecule has 0 atom stereocenters. The van der Waals surface area contributed by atoms with Crippen molar-refractivity contribution in [3.63, 3.8) is 0 Å². The van der Waals surface area contributed by atoms with Crippen LogP contribution in [0.3, 0.4) is 0 Å². The van der Waals surface area contributed by atoms with Crippen LogP contribution < -0.4 is 5.32 Å². The molecule has 2 amide bonds. The first kappa shape index (κ1) is 12.5. The number of carbonyl (C=O) groups is 2. The molecule has 1 aromatic carbocycles. The number of para-hydroxylation sites is 1. The monoisotopic (exact) mass is 270 g/mol. The van der Waals surface area contributed by atoms with E-state index in [2.05, 4.69) is 5.32 Å². The van der Waals surface area contributed by atoms with Crippen LogP contribution >= 0.6 is 0 Å². The van der Waals surface area contributed by atoms with E-state index in [1.807, 2.05) is 0 Å². The zero-order valence-corrected chi connectivity index (χ0v) is 10.8. The molecule has 1 N–H and O–H groups in total. The van der Waals surface area contributed by atoms with Gasteiger partial charge in [0.2, 0.25) is 0 Å². The van der Waals surface area contributed by atoms with Gasteiger partial charge in [-0.2, -0.15) is 0 Å². The van der Waals surface area contributed by atoms with Crippen molar-refractivity contribution in [2.45, 2.75) is 6.42 Å². The molecule has 2 aromatic rings. The first-order valence-corrected chi connectivity index (χ1v) is 6.49. The summed E-state index contributed by atoms with van der Waals surface area (Å²) in [6, 6.07) is 10.2. The summed E-state index contributed by atoms with van der Waals surface area (Å²) in [5.74, 6) is -0.193. The number of rotatable bonds is 3. The van der Waals surface area contributed by atoms with Gasteiger partial charge in [0.1, 0.15) is 0 Å². The highest BCUT2D eigenvalue weighted by Gasteiger charge is 2.24. The predicted molar refractivity (Wildman–Crippen MR) is 73.6 cm³/mol. The van der Waals surface area contributed by atoms with Crippen LogP contribution in [-0.4, -0.2) is 29.8 Å². The molecular weight excluding hydrogens is 256 g/mol. The van der Waals surface area contributed by atoms with Crippen LogP contribution in [0.2, 0.25) is 0 Å². The van der Waals surface area contributed by atoms with Crippen LogP contribution in [0.1, 0.15) is 27.3 Å². The van der Waals surface area contributed by atoms with E-state index in [4.69, 9.17) is 4.42 Å². The normalized spacial score (nSPS) is 13.7. The van der Waals surface area contributed by atoms with Gasteiger partial charge in [0.15, 0.2) is 5.76 Å². The Labute approximate surface area is 116 Å². The van der Waals surface area contributed by atoms with Gasteiger partial charge in [0, 0.05) is 13.1 Å². The molecule has 0 radical (unpaired) electrons. The minimum Gasteiger partial charge on any atom is -0.459 e. The molecule has 5 heteroatoms. The maximum atomic E-state index is 12.3. The topological polar surface area (TPSA) is 62.6 Å². The number of nitrogens with zero attached hydrogens (tertiary/aromatic N) is 1. The molecule has 1 aliphatic heterocycles. The summed E-state index contributed by atoms with van der Waals surface area (Å²) >= 11 is 0. The fourth-order valence-corrected chi connectivity index (χ4v) is 2.06. The fourth-order valence-electron chi connectivity index (χ4n) is 2.06. The number of benzene rings is 1. The van der Waals surface area contributed by atoms with Crippen molar-refractivity contribution >= 4 is 17.5 Å². The van der Waals surface area contributed by atoms with E-state index in [-0.39, 0.29) is 17.6 Å². The molecule has 3 rings (SSSR count). The van der Waals surface area contributed by atoms with E-state index < -0.39 is 0 Å². The molecule has 2 heterocycles. The molecule has 5 nitrogen and oxygen atoms in total. The third kappa shape index (κ3) is 2.30. The van der Waals surface area contributed by atoms with E-state index in [9.17, 15) is 9.59 Å². The molecule has 1 aromatic heterocycles. The SMILES string of the molecule is O=C(Nc1ccccc1C(=O)N1CCC1)c1ccco1. The number of hydrogen-bond donors (Lipinski definition) is 1. The van der Waals surface area contributed by atoms with Crippen LogP contribution in [0.4, 0.5) is 5.69 Å². The van der Waals surface area contributed by atoms with Crippen molar-refractivity contribution in [2.75, 3.05) is 18.4 Å². The minimum absolute atomic E-state index is 0.0494. The van der Waals surface area contributed by atoms with Gasteiger partial charge in [0.25, 0.3) is 11.8 Å². The van der Waals surface area contributed by atoms with Gasteiger partial charge >= 0.3 is 0 Å². The van der Waals surface area contributed by atoms with Crippen LogP contribution in [0.15, 0.2) is 47.1 Å². The molecule has 1 saturated heterocycles. The lowest BCUT2D eigenvalue weighted by molar-refractivity contribution is 0.0653. The Kier molecular flexibility index (Phi) is 3.25. The van der Waals surface area contributed by atoms with Crippen molar-refractivity contribution in [3.05, 3.63) is 54.0 Å². The summed E-state index contributed by atoms with van der Waals surface area (Å²) < 4.78 is 5.04. The lowest BCUT2D eigenvalue weighted by Crippen LogP contribution is -2.42. The van der Waals surface area contributed by atoms with Crippen LogP contribution in [-0.2, 0) is 0 Å². The standard InChI is InChI=1S/C15H14N2O3/c18-14(13-7-3-10-20-13)16-12-6-2-1-5-11(12)15(19)17-8-4-9-17/h1-3,5-7,10H,4,8-9H2,(H,16,18). The first-order valence-electron chi connectivity index (χ1n) is 6.49. The van der Waals surface area contributed by atoms with Gasteiger partial charge in [-0.3, -0.25) is 9.59 Å². The Hall–Kier alpha value is -2.56. The van der Waals surface area contributed by atoms with Crippen LogP contribution in [0.5, 0.6) is 0 Å². The van der Waals surface area contributed by atoms with Gasteiger partial charge in [-0.1, -0.05) is 12.1 Å². The number of anilines is 1. The fraction of sp³-hybridized carbons (Fsp3) is 0.200. The van der Waals surface area contributed by atoms with E-state index in [1.165, 1.54) is 6.26 Å². The Balaban J connectivity index is 1.82. The lowest BCUT2D eigenvalue weighted by atomic mass is 10.1. The average Bonchev–Trinajstić information content (AvgIpc) is 2.91. The second kappa shape index (κ2) is 5.21. The Bertz CT molecular complexity index is 630. The zero-order chi connectivity index (χ0) is 13.9. The van der Waals surface area contributed by atoms with Gasteiger partial charge in [-0.15, -0.1) is 0 Å². The molecule has 102 valence electrons. The number of furan rings is 1. The number of carbonyl (C=O) groups excluding carboxylic acids is 2. The highest BCUT2D eigenvalue weighted by molar-refractivity contribution is 6.07. The smallest absolute Gasteiger partial charge is 0.291 e. The second-order valence-corrected chi connectivity index (χ2v) is 4.62. The summed E-state index contributed by atoms with van der Waals surface area (Å²) in [5, 5.41) is 2.72. The number of likely N-dealkylation sites (tertiary alicyclic amines) is 1. The van der Waals surface area contributed by atoms with Crippen molar-refractivity contribution in [1.29, 1.82) is 0 Å². The molecule has 0 bridgehead atoms. The van der Waals surface area contributed by atoms with Crippen molar-refractivity contribution in [3.8, 4) is 0 Å². The second-order valence-electron chi connectivity index (χ2n) is 4.62. The average molecular weight is 270 g/mol. The number of nitrogens with one attached hydrogen (secondary N) is 1. The Morgan fingerprint density at radius 2 is 1.90 bits per heavy atom. The third-order valence-corrected chi connectivity index (χ3v) is 3.29. The summed E-state index contributed by atoms with van der Waals surface area (Å²) in [6.45, 7) is 1.55. The van der Waals surface area contributed by atoms with E-state index >= 15 is 0 Å². The van der Waals surface area contributed by atoms with E-state index in [1.54, 1.807) is 41.3 Å². The quantitative estimate of drug-likeness (QED) is 0.931. The maximum Gasteiger partial charge on any atom is 0.291 e. The molecule has 1 aliphatic rings. The lowest BCUT2D eigenvalue weighted by Gasteiger charge is -2.31. The maximum absolute atomic E-state index is 12.3. The van der Waals surface area contributed by atoms with E-state index in [0.29, 0.717) is 11.3 Å². The molecular formula is C15H14N2O3. The summed E-state index contributed by atoms with van der Waals surface area (Å²) in [7, 11) is 0.